The predicted molar refractivity (Wildman–Crippen MR) is 68.3 cm³/mol. The molecule has 2 nitrogen and oxygen atoms in total. The van der Waals surface area contributed by atoms with Gasteiger partial charge in [0, 0.05) is 35.7 Å². The summed E-state index contributed by atoms with van der Waals surface area (Å²) in [6, 6.07) is 1.80. The first kappa shape index (κ1) is 11.7. The molecule has 0 amide bonds. The second-order valence-corrected chi connectivity index (χ2v) is 6.56. The summed E-state index contributed by atoms with van der Waals surface area (Å²) in [4.78, 5) is 2.69. The standard InChI is InChI=1S/C12H24N2S/c1-9-10(2)15-8-7-14(9)12-6-4-3-5-11(12)13/h9-12H,3-8,13H2,1-2H3. The van der Waals surface area contributed by atoms with E-state index in [4.69, 9.17) is 5.73 Å². The van der Waals surface area contributed by atoms with E-state index in [-0.39, 0.29) is 0 Å². The minimum Gasteiger partial charge on any atom is -0.326 e. The fourth-order valence-electron chi connectivity index (χ4n) is 2.98. The van der Waals surface area contributed by atoms with Gasteiger partial charge in [0.1, 0.15) is 0 Å². The molecule has 0 bridgehead atoms. The molecule has 2 rings (SSSR count). The normalized spacial score (nSPS) is 44.2. The smallest absolute Gasteiger partial charge is 0.0250 e. The molecule has 1 saturated carbocycles. The number of nitrogens with two attached hydrogens (primary N) is 1. The van der Waals surface area contributed by atoms with Gasteiger partial charge in [0.2, 0.25) is 0 Å². The van der Waals surface area contributed by atoms with Crippen molar-refractivity contribution in [3.05, 3.63) is 0 Å². The van der Waals surface area contributed by atoms with E-state index in [0.717, 1.165) is 5.25 Å². The van der Waals surface area contributed by atoms with Gasteiger partial charge in [-0.15, -0.1) is 0 Å². The van der Waals surface area contributed by atoms with Gasteiger partial charge in [-0.05, 0) is 19.8 Å². The Morgan fingerprint density at radius 1 is 1.20 bits per heavy atom. The van der Waals surface area contributed by atoms with Crippen molar-refractivity contribution >= 4 is 11.8 Å². The summed E-state index contributed by atoms with van der Waals surface area (Å²) in [6.07, 6.45) is 5.27. The predicted octanol–water partition coefficient (Wildman–Crippen LogP) is 2.08. The molecule has 0 spiro atoms. The van der Waals surface area contributed by atoms with Gasteiger partial charge in [0.25, 0.3) is 0 Å². The van der Waals surface area contributed by atoms with Crippen molar-refractivity contribution in [2.75, 3.05) is 12.3 Å². The molecule has 0 aromatic heterocycles. The molecule has 1 saturated heterocycles. The molecule has 1 aliphatic carbocycles. The minimum atomic E-state index is 0.427. The second-order valence-electron chi connectivity index (χ2n) is 5.07. The van der Waals surface area contributed by atoms with E-state index < -0.39 is 0 Å². The Hall–Kier alpha value is 0.270. The average molecular weight is 228 g/mol. The van der Waals surface area contributed by atoms with Crippen LogP contribution in [-0.2, 0) is 0 Å². The first-order valence-electron chi connectivity index (χ1n) is 6.33. The first-order valence-corrected chi connectivity index (χ1v) is 7.38. The number of thioether (sulfide) groups is 1. The van der Waals surface area contributed by atoms with E-state index in [1.165, 1.54) is 38.0 Å². The van der Waals surface area contributed by atoms with E-state index in [1.54, 1.807) is 0 Å². The second kappa shape index (κ2) is 5.07. The van der Waals surface area contributed by atoms with Crippen LogP contribution >= 0.6 is 11.8 Å². The van der Waals surface area contributed by atoms with Crippen LogP contribution in [0.4, 0.5) is 0 Å². The highest BCUT2D eigenvalue weighted by Gasteiger charge is 2.34. The SMILES string of the molecule is CC1SCCN(C2CCCCC2N)C1C. The van der Waals surface area contributed by atoms with Crippen molar-refractivity contribution in [2.24, 2.45) is 5.73 Å². The van der Waals surface area contributed by atoms with Crippen LogP contribution in [0.15, 0.2) is 0 Å². The number of hydrogen-bond donors (Lipinski definition) is 1. The van der Waals surface area contributed by atoms with E-state index >= 15 is 0 Å². The zero-order chi connectivity index (χ0) is 10.8. The molecule has 1 aliphatic heterocycles. The molecule has 88 valence electrons. The number of hydrogen-bond acceptors (Lipinski definition) is 3. The van der Waals surface area contributed by atoms with Gasteiger partial charge >= 0.3 is 0 Å². The molecule has 2 N–H and O–H groups in total. The Morgan fingerprint density at radius 3 is 2.67 bits per heavy atom. The van der Waals surface area contributed by atoms with Crippen LogP contribution in [0.5, 0.6) is 0 Å². The molecule has 0 aromatic carbocycles. The van der Waals surface area contributed by atoms with Gasteiger partial charge in [-0.3, -0.25) is 4.90 Å². The molecule has 0 aromatic rings. The Labute approximate surface area is 98.0 Å². The fraction of sp³-hybridized carbons (Fsp3) is 1.00. The summed E-state index contributed by atoms with van der Waals surface area (Å²) in [5.74, 6) is 1.29. The molecule has 15 heavy (non-hydrogen) atoms. The number of rotatable bonds is 1. The summed E-state index contributed by atoms with van der Waals surface area (Å²) in [7, 11) is 0. The lowest BCUT2D eigenvalue weighted by Crippen LogP contribution is -2.57. The molecular formula is C12H24N2S. The summed E-state index contributed by atoms with van der Waals surface area (Å²) in [5.41, 5.74) is 6.27. The lowest BCUT2D eigenvalue weighted by Gasteiger charge is -2.46. The van der Waals surface area contributed by atoms with Crippen LogP contribution in [0.25, 0.3) is 0 Å². The monoisotopic (exact) mass is 228 g/mol. The van der Waals surface area contributed by atoms with E-state index in [9.17, 15) is 0 Å². The first-order chi connectivity index (χ1) is 7.20. The van der Waals surface area contributed by atoms with Gasteiger partial charge in [-0.25, -0.2) is 0 Å². The van der Waals surface area contributed by atoms with Gasteiger partial charge in [-0.1, -0.05) is 19.8 Å². The van der Waals surface area contributed by atoms with Crippen LogP contribution in [0.1, 0.15) is 39.5 Å². The van der Waals surface area contributed by atoms with Gasteiger partial charge in [0.05, 0.1) is 0 Å². The lowest BCUT2D eigenvalue weighted by atomic mass is 9.88. The molecule has 4 unspecified atom stereocenters. The van der Waals surface area contributed by atoms with Crippen molar-refractivity contribution in [2.45, 2.75) is 62.9 Å². The van der Waals surface area contributed by atoms with Crippen LogP contribution < -0.4 is 5.73 Å². The summed E-state index contributed by atoms with van der Waals surface area (Å²) in [5, 5.41) is 0.771. The van der Waals surface area contributed by atoms with Crippen molar-refractivity contribution in [3.8, 4) is 0 Å². The third-order valence-electron chi connectivity index (χ3n) is 4.14. The third kappa shape index (κ3) is 2.51. The topological polar surface area (TPSA) is 29.3 Å². The summed E-state index contributed by atoms with van der Waals surface area (Å²) < 4.78 is 0. The van der Waals surface area contributed by atoms with Crippen molar-refractivity contribution in [3.63, 3.8) is 0 Å². The highest BCUT2D eigenvalue weighted by Crippen LogP contribution is 2.30. The Morgan fingerprint density at radius 2 is 1.93 bits per heavy atom. The lowest BCUT2D eigenvalue weighted by molar-refractivity contribution is 0.100. The van der Waals surface area contributed by atoms with E-state index in [1.807, 2.05) is 0 Å². The van der Waals surface area contributed by atoms with Crippen molar-refractivity contribution in [1.29, 1.82) is 0 Å². The molecule has 3 heteroatoms. The molecule has 2 fully saturated rings. The van der Waals surface area contributed by atoms with Crippen molar-refractivity contribution < 1.29 is 0 Å². The third-order valence-corrected chi connectivity index (χ3v) is 5.48. The zero-order valence-corrected chi connectivity index (χ0v) is 10.8. The molecular weight excluding hydrogens is 204 g/mol. The molecule has 0 radical (unpaired) electrons. The van der Waals surface area contributed by atoms with E-state index in [2.05, 4.69) is 30.5 Å². The van der Waals surface area contributed by atoms with Crippen LogP contribution in [0.2, 0.25) is 0 Å². The van der Waals surface area contributed by atoms with Gasteiger partial charge < -0.3 is 5.73 Å². The van der Waals surface area contributed by atoms with E-state index in [0.29, 0.717) is 18.1 Å². The quantitative estimate of drug-likeness (QED) is 0.745. The fourth-order valence-corrected chi connectivity index (χ4v) is 4.10. The largest absolute Gasteiger partial charge is 0.326 e. The molecule has 4 atom stereocenters. The summed E-state index contributed by atoms with van der Waals surface area (Å²) >= 11 is 2.11. The highest BCUT2D eigenvalue weighted by atomic mass is 32.2. The maximum atomic E-state index is 6.27. The minimum absolute atomic E-state index is 0.427. The average Bonchev–Trinajstić information content (AvgIpc) is 2.23. The maximum Gasteiger partial charge on any atom is 0.0250 e. The Balaban J connectivity index is 2.01. The van der Waals surface area contributed by atoms with Crippen molar-refractivity contribution in [1.82, 2.24) is 4.90 Å². The van der Waals surface area contributed by atoms with Crippen LogP contribution in [-0.4, -0.2) is 40.6 Å². The van der Waals surface area contributed by atoms with Gasteiger partial charge in [-0.2, -0.15) is 11.8 Å². The molecule has 1 heterocycles. The van der Waals surface area contributed by atoms with Crippen LogP contribution in [0, 0.1) is 0 Å². The van der Waals surface area contributed by atoms with Crippen LogP contribution in [0.3, 0.4) is 0 Å². The zero-order valence-electron chi connectivity index (χ0n) is 9.98. The summed E-state index contributed by atoms with van der Waals surface area (Å²) in [6.45, 7) is 5.97. The number of nitrogens with zero attached hydrogens (tertiary/aromatic N) is 1. The molecule has 2 aliphatic rings. The Kier molecular flexibility index (Phi) is 3.97. The maximum absolute atomic E-state index is 6.27. The van der Waals surface area contributed by atoms with Gasteiger partial charge in [0.15, 0.2) is 0 Å². The highest BCUT2D eigenvalue weighted by molar-refractivity contribution is 8.00. The Bertz CT molecular complexity index is 210.